The minimum atomic E-state index is -10.7. The topological polar surface area (TPSA) is 0 Å². The van der Waals surface area contributed by atoms with Crippen LogP contribution in [0.2, 0.25) is 0 Å². The molecule has 16 heteroatoms. The van der Waals surface area contributed by atoms with E-state index in [-0.39, 0.29) is 15.6 Å². The smallest absolute Gasteiger partial charge is 0.166 e. The number of hydrogen-bond donors (Lipinski definition) is 0. The summed E-state index contributed by atoms with van der Waals surface area (Å²) in [4.78, 5) is 6.58. The third kappa shape index (κ3) is 21.0. The Morgan fingerprint density at radius 1 is 0.455 bits per heavy atom. The molecular formula is C39H33F12P2S2-. The Kier molecular flexibility index (Phi) is 15.6. The quantitative estimate of drug-likeness (QED) is 0.0667. The first kappa shape index (κ1) is 47.1. The maximum Gasteiger partial charge on any atom is 0.166 e. The van der Waals surface area contributed by atoms with Crippen molar-refractivity contribution in [1.82, 2.24) is 0 Å². The van der Waals surface area contributed by atoms with E-state index in [2.05, 4.69) is 153 Å². The molecule has 0 N–H and O–H groups in total. The summed E-state index contributed by atoms with van der Waals surface area (Å²) in [7, 11) is -19.3. The summed E-state index contributed by atoms with van der Waals surface area (Å²) in [5, 5.41) is 0. The second-order valence-electron chi connectivity index (χ2n) is 11.2. The van der Waals surface area contributed by atoms with Gasteiger partial charge in [-0.3, -0.25) is 6.92 Å². The maximum absolute atomic E-state index is 10.7. The SMILES string of the molecule is FP(F)(F)(F)F.F[P-](F)(F)(F)(F)F.[CH2+]C([CH2-])(c1ccccc1)c1ccccc1.[F-].c1ccc(Sc2ccc([S+](c3ccccc3)c3ccccc3)cc2)cc1. The molecule has 55 heavy (non-hydrogen) atoms. The van der Waals surface area contributed by atoms with E-state index in [1.807, 2.05) is 36.4 Å². The fourth-order valence-corrected chi connectivity index (χ4v) is 7.39. The summed E-state index contributed by atoms with van der Waals surface area (Å²) < 4.78 is 108. The van der Waals surface area contributed by atoms with Gasteiger partial charge in [-0.25, -0.2) is 0 Å². The van der Waals surface area contributed by atoms with Crippen molar-refractivity contribution in [3.05, 3.63) is 201 Å². The zero-order valence-corrected chi connectivity index (χ0v) is 31.8. The van der Waals surface area contributed by atoms with Gasteiger partial charge >= 0.3 is 62.1 Å². The predicted octanol–water partition coefficient (Wildman–Crippen LogP) is 13.9. The first-order valence-electron chi connectivity index (χ1n) is 15.5. The molecule has 0 bridgehead atoms. The fraction of sp³-hybridized carbons (Fsp3) is 0.0256. The molecule has 0 aromatic heterocycles. The number of rotatable bonds is 7. The van der Waals surface area contributed by atoms with E-state index in [4.69, 9.17) is 0 Å². The molecule has 0 aliphatic heterocycles. The van der Waals surface area contributed by atoms with E-state index in [0.29, 0.717) is 0 Å². The van der Waals surface area contributed by atoms with Gasteiger partial charge in [-0.1, -0.05) is 127 Å². The van der Waals surface area contributed by atoms with Crippen LogP contribution in [0, 0.1) is 13.8 Å². The number of halogens is 12. The van der Waals surface area contributed by atoms with Crippen LogP contribution in [0.1, 0.15) is 11.1 Å². The summed E-state index contributed by atoms with van der Waals surface area (Å²) in [5.41, 5.74) is 1.86. The van der Waals surface area contributed by atoms with Crippen molar-refractivity contribution in [2.75, 3.05) is 0 Å². The Balaban J connectivity index is 0.000000304. The van der Waals surface area contributed by atoms with Crippen molar-refractivity contribution in [3.63, 3.8) is 0 Å². The summed E-state index contributed by atoms with van der Waals surface area (Å²) in [5.74, 6) is 0. The standard InChI is InChI=1S/C24H19S2.C15H14.F6P.F5P.FH/c1-4-10-20(11-5-1)25-21-16-18-24(19-17-21)26(22-12-6-2-7-13-22)23-14-8-3-9-15-23;1-15(2,13-9-5-3-6-10-13)14-11-7-4-8-12-14;1-7(2,3,4,5)6;1-6(2,3,4)5;/h1-19H;3-12H,1-2H2;;;1H/q+1;;-1;;/p-1. The Hall–Kier alpha value is -4.09. The van der Waals surface area contributed by atoms with E-state index in [1.54, 1.807) is 11.8 Å². The van der Waals surface area contributed by atoms with Crippen LogP contribution in [0.25, 0.3) is 0 Å². The second-order valence-corrected chi connectivity index (χ2v) is 17.6. The van der Waals surface area contributed by atoms with Gasteiger partial charge < -0.3 is 4.70 Å². The Morgan fingerprint density at radius 2 is 0.691 bits per heavy atom. The Labute approximate surface area is 319 Å². The van der Waals surface area contributed by atoms with Crippen LogP contribution in [0.3, 0.4) is 0 Å². The van der Waals surface area contributed by atoms with E-state index >= 15 is 0 Å². The van der Waals surface area contributed by atoms with Crippen LogP contribution >= 0.6 is 27.7 Å². The van der Waals surface area contributed by atoms with Crippen molar-refractivity contribution < 1.29 is 50.9 Å². The van der Waals surface area contributed by atoms with Gasteiger partial charge in [0.2, 0.25) is 0 Å². The van der Waals surface area contributed by atoms with Gasteiger partial charge in [0.15, 0.2) is 14.7 Å². The largest absolute Gasteiger partial charge is 1.00 e. The van der Waals surface area contributed by atoms with Crippen molar-refractivity contribution in [2.45, 2.75) is 29.9 Å². The fourth-order valence-electron chi connectivity index (χ4n) is 4.47. The van der Waals surface area contributed by atoms with Gasteiger partial charge in [0, 0.05) is 22.1 Å². The molecular weight excluding hydrogens is 822 g/mol. The first-order chi connectivity index (χ1) is 24.8. The Bertz CT molecular complexity index is 1890. The summed E-state index contributed by atoms with van der Waals surface area (Å²) >= 11 is 1.80. The Morgan fingerprint density at radius 3 is 1.00 bits per heavy atom. The third-order valence-corrected chi connectivity index (χ3v) is 9.90. The van der Waals surface area contributed by atoms with Crippen LogP contribution in [0.5, 0.6) is 0 Å². The molecule has 0 aliphatic carbocycles. The van der Waals surface area contributed by atoms with Gasteiger partial charge in [0.05, 0.1) is 10.9 Å². The molecule has 0 nitrogen and oxygen atoms in total. The average molecular weight is 856 g/mol. The summed E-state index contributed by atoms with van der Waals surface area (Å²) in [6.07, 6.45) is 0. The molecule has 296 valence electrons. The number of benzene rings is 6. The van der Waals surface area contributed by atoms with E-state index in [1.165, 1.54) is 24.5 Å². The van der Waals surface area contributed by atoms with E-state index in [9.17, 15) is 46.2 Å². The molecule has 0 heterocycles. The number of hydrogen-bond acceptors (Lipinski definition) is 1. The molecule has 0 fully saturated rings. The molecule has 6 aromatic carbocycles. The van der Waals surface area contributed by atoms with Crippen molar-refractivity contribution >= 4 is 38.6 Å². The maximum atomic E-state index is 9.87. The molecule has 0 radical (unpaired) electrons. The molecule has 0 saturated carbocycles. The third-order valence-electron chi connectivity index (χ3n) is 6.65. The molecule has 0 aliphatic rings. The molecule has 0 amide bonds. The molecule has 0 unspecified atom stereocenters. The monoisotopic (exact) mass is 855 g/mol. The summed E-state index contributed by atoms with van der Waals surface area (Å²) in [6.45, 7) is 8.40. The molecule has 0 spiro atoms. The van der Waals surface area contributed by atoms with Crippen molar-refractivity contribution in [3.8, 4) is 0 Å². The van der Waals surface area contributed by atoms with Gasteiger partial charge in [0.25, 0.3) is 0 Å². The zero-order valence-electron chi connectivity index (χ0n) is 28.4. The van der Waals surface area contributed by atoms with Crippen molar-refractivity contribution in [1.29, 1.82) is 0 Å². The van der Waals surface area contributed by atoms with E-state index in [0.717, 1.165) is 11.1 Å². The van der Waals surface area contributed by atoms with Crippen molar-refractivity contribution in [2.24, 2.45) is 0 Å². The van der Waals surface area contributed by atoms with Gasteiger partial charge in [-0.15, -0.1) is 0 Å². The van der Waals surface area contributed by atoms with Crippen LogP contribution in [-0.2, 0) is 16.3 Å². The van der Waals surface area contributed by atoms with E-state index < -0.39 is 21.4 Å². The zero-order chi connectivity index (χ0) is 40.2. The van der Waals surface area contributed by atoms with Gasteiger partial charge in [-0.2, -0.15) is 0 Å². The van der Waals surface area contributed by atoms with Gasteiger partial charge in [-0.05, 0) is 71.8 Å². The van der Waals surface area contributed by atoms with Crippen LogP contribution < -0.4 is 4.70 Å². The minimum absolute atomic E-state index is 0. The second kappa shape index (κ2) is 18.2. The predicted molar refractivity (Wildman–Crippen MR) is 202 cm³/mol. The molecule has 6 rings (SSSR count). The van der Waals surface area contributed by atoms with Crippen LogP contribution in [0.4, 0.5) is 46.2 Å². The van der Waals surface area contributed by atoms with Gasteiger partial charge in [0.1, 0.15) is 0 Å². The molecule has 0 saturated heterocycles. The van der Waals surface area contributed by atoms with Crippen LogP contribution in [-0.4, -0.2) is 0 Å². The minimum Gasteiger partial charge on any atom is -1.00 e. The molecule has 6 aromatic rings. The van der Waals surface area contributed by atoms with Crippen LogP contribution in [0.15, 0.2) is 200 Å². The normalized spacial score (nSPS) is 13.2. The average Bonchev–Trinajstić information content (AvgIpc) is 3.09. The molecule has 0 atom stereocenters. The summed E-state index contributed by atoms with van der Waals surface area (Å²) in [6, 6.07) is 61.4. The first-order valence-corrected chi connectivity index (χ1v) is 21.2.